The average Bonchev–Trinajstić information content (AvgIpc) is 2.75. The minimum atomic E-state index is 0.0194. The summed E-state index contributed by atoms with van der Waals surface area (Å²) in [5.41, 5.74) is 0. The Hall–Kier alpha value is -0.550. The molecule has 0 aliphatic carbocycles. The SMILES string of the molecule is CN1CCN(CC(CO)c2ccc(Cl)o2)CC1. The van der Waals surface area contributed by atoms with E-state index in [1.807, 2.05) is 6.07 Å². The van der Waals surface area contributed by atoms with Gasteiger partial charge >= 0.3 is 0 Å². The highest BCUT2D eigenvalue weighted by atomic mass is 35.5. The van der Waals surface area contributed by atoms with Crippen molar-refractivity contribution >= 4 is 11.6 Å². The molecule has 0 radical (unpaired) electrons. The fourth-order valence-corrected chi connectivity index (χ4v) is 2.28. The number of hydrogen-bond donors (Lipinski definition) is 1. The van der Waals surface area contributed by atoms with Gasteiger partial charge in [0.1, 0.15) is 5.76 Å². The van der Waals surface area contributed by atoms with Crippen molar-refractivity contribution in [3.05, 3.63) is 23.1 Å². The van der Waals surface area contributed by atoms with Gasteiger partial charge in [-0.1, -0.05) is 0 Å². The van der Waals surface area contributed by atoms with Crippen molar-refractivity contribution in [1.82, 2.24) is 9.80 Å². The lowest BCUT2D eigenvalue weighted by Crippen LogP contribution is -2.46. The summed E-state index contributed by atoms with van der Waals surface area (Å²) in [7, 11) is 2.13. The van der Waals surface area contributed by atoms with E-state index in [1.165, 1.54) is 0 Å². The Kier molecular flexibility index (Phi) is 4.45. The van der Waals surface area contributed by atoms with E-state index in [4.69, 9.17) is 16.0 Å². The largest absolute Gasteiger partial charge is 0.449 e. The summed E-state index contributed by atoms with van der Waals surface area (Å²) < 4.78 is 5.37. The molecule has 0 amide bonds. The Balaban J connectivity index is 1.91. The summed E-state index contributed by atoms with van der Waals surface area (Å²) >= 11 is 5.75. The second-order valence-corrected chi connectivity index (χ2v) is 5.00. The first kappa shape index (κ1) is 12.9. The first-order valence-corrected chi connectivity index (χ1v) is 6.34. The lowest BCUT2D eigenvalue weighted by atomic mass is 10.1. The molecule has 1 atom stereocenters. The maximum atomic E-state index is 9.43. The Labute approximate surface area is 107 Å². The number of likely N-dealkylation sites (N-methyl/N-ethyl adjacent to an activating group) is 1. The van der Waals surface area contributed by atoms with E-state index in [2.05, 4.69) is 16.8 Å². The van der Waals surface area contributed by atoms with Crippen molar-refractivity contribution in [3.63, 3.8) is 0 Å². The van der Waals surface area contributed by atoms with Gasteiger partial charge in [0, 0.05) is 32.7 Å². The zero-order valence-corrected chi connectivity index (χ0v) is 10.9. The van der Waals surface area contributed by atoms with Crippen LogP contribution < -0.4 is 0 Å². The van der Waals surface area contributed by atoms with Crippen LogP contribution in [0.5, 0.6) is 0 Å². The van der Waals surface area contributed by atoms with Gasteiger partial charge in [-0.05, 0) is 30.8 Å². The molecule has 96 valence electrons. The number of hydrogen-bond acceptors (Lipinski definition) is 4. The number of aliphatic hydroxyl groups is 1. The molecule has 2 rings (SSSR count). The van der Waals surface area contributed by atoms with Crippen molar-refractivity contribution < 1.29 is 9.52 Å². The summed E-state index contributed by atoms with van der Waals surface area (Å²) in [5, 5.41) is 9.82. The topological polar surface area (TPSA) is 39.9 Å². The van der Waals surface area contributed by atoms with Gasteiger partial charge in [0.2, 0.25) is 0 Å². The van der Waals surface area contributed by atoms with Crippen LogP contribution in [0.4, 0.5) is 0 Å². The normalized spacial score (nSPS) is 20.6. The molecule has 5 heteroatoms. The van der Waals surface area contributed by atoms with Crippen LogP contribution in [0, 0.1) is 0 Å². The number of halogens is 1. The monoisotopic (exact) mass is 258 g/mol. The number of furan rings is 1. The molecule has 1 saturated heterocycles. The molecule has 0 spiro atoms. The Morgan fingerprint density at radius 3 is 2.59 bits per heavy atom. The van der Waals surface area contributed by atoms with Crippen LogP contribution in [0.3, 0.4) is 0 Å². The quantitative estimate of drug-likeness (QED) is 0.883. The summed E-state index contributed by atoms with van der Waals surface area (Å²) in [5.74, 6) is 0.794. The molecule has 0 aromatic carbocycles. The summed E-state index contributed by atoms with van der Waals surface area (Å²) in [6.07, 6.45) is 0. The molecule has 17 heavy (non-hydrogen) atoms. The third-order valence-corrected chi connectivity index (χ3v) is 3.49. The molecule has 1 aliphatic rings. The molecule has 1 unspecified atom stereocenters. The van der Waals surface area contributed by atoms with Crippen molar-refractivity contribution in [2.45, 2.75) is 5.92 Å². The summed E-state index contributed by atoms with van der Waals surface area (Å²) in [6, 6.07) is 3.57. The van der Waals surface area contributed by atoms with E-state index in [1.54, 1.807) is 6.07 Å². The minimum Gasteiger partial charge on any atom is -0.449 e. The van der Waals surface area contributed by atoms with Gasteiger partial charge < -0.3 is 14.4 Å². The van der Waals surface area contributed by atoms with Gasteiger partial charge in [-0.2, -0.15) is 0 Å². The van der Waals surface area contributed by atoms with E-state index in [0.29, 0.717) is 5.22 Å². The van der Waals surface area contributed by atoms with E-state index >= 15 is 0 Å². The van der Waals surface area contributed by atoms with Gasteiger partial charge in [-0.3, -0.25) is 4.90 Å². The second-order valence-electron chi connectivity index (χ2n) is 4.63. The van der Waals surface area contributed by atoms with Crippen molar-refractivity contribution in [3.8, 4) is 0 Å². The van der Waals surface area contributed by atoms with Crippen molar-refractivity contribution in [1.29, 1.82) is 0 Å². The lowest BCUT2D eigenvalue weighted by Gasteiger charge is -2.33. The molecule has 2 heterocycles. The van der Waals surface area contributed by atoms with E-state index in [-0.39, 0.29) is 12.5 Å². The summed E-state index contributed by atoms with van der Waals surface area (Å²) in [4.78, 5) is 4.67. The van der Waals surface area contributed by atoms with Crippen LogP contribution in [0.15, 0.2) is 16.5 Å². The molecule has 1 aromatic rings. The third kappa shape index (κ3) is 3.45. The van der Waals surface area contributed by atoms with Crippen molar-refractivity contribution in [2.75, 3.05) is 46.4 Å². The van der Waals surface area contributed by atoms with E-state index in [0.717, 1.165) is 38.5 Å². The number of rotatable bonds is 4. The predicted molar refractivity (Wildman–Crippen MR) is 67.5 cm³/mol. The summed E-state index contributed by atoms with van der Waals surface area (Å²) in [6.45, 7) is 5.17. The molecule has 1 aliphatic heterocycles. The zero-order valence-electron chi connectivity index (χ0n) is 10.1. The number of piperazine rings is 1. The van der Waals surface area contributed by atoms with Crippen LogP contribution in [0.25, 0.3) is 0 Å². The van der Waals surface area contributed by atoms with Gasteiger partial charge in [-0.25, -0.2) is 0 Å². The molecule has 1 N–H and O–H groups in total. The first-order valence-electron chi connectivity index (χ1n) is 5.96. The van der Waals surface area contributed by atoms with Gasteiger partial charge in [0.05, 0.1) is 12.5 Å². The van der Waals surface area contributed by atoms with Crippen molar-refractivity contribution in [2.24, 2.45) is 0 Å². The highest BCUT2D eigenvalue weighted by molar-refractivity contribution is 6.28. The van der Waals surface area contributed by atoms with E-state index < -0.39 is 0 Å². The fraction of sp³-hybridized carbons (Fsp3) is 0.667. The van der Waals surface area contributed by atoms with E-state index in [9.17, 15) is 5.11 Å². The van der Waals surface area contributed by atoms with Crippen LogP contribution in [-0.4, -0.2) is 61.3 Å². The molecule has 0 bridgehead atoms. The molecule has 4 nitrogen and oxygen atoms in total. The molecular formula is C12H19ClN2O2. The Bertz CT molecular complexity index is 348. The third-order valence-electron chi connectivity index (χ3n) is 3.29. The highest BCUT2D eigenvalue weighted by Crippen LogP contribution is 2.22. The maximum Gasteiger partial charge on any atom is 0.193 e. The smallest absolute Gasteiger partial charge is 0.193 e. The number of nitrogens with zero attached hydrogens (tertiary/aromatic N) is 2. The van der Waals surface area contributed by atoms with Crippen LogP contribution in [0.2, 0.25) is 5.22 Å². The highest BCUT2D eigenvalue weighted by Gasteiger charge is 2.21. The minimum absolute atomic E-state index is 0.0194. The molecule has 1 aromatic heterocycles. The zero-order chi connectivity index (χ0) is 12.3. The number of aliphatic hydroxyl groups excluding tert-OH is 1. The lowest BCUT2D eigenvalue weighted by molar-refractivity contribution is 0.127. The fourth-order valence-electron chi connectivity index (χ4n) is 2.13. The predicted octanol–water partition coefficient (Wildman–Crippen LogP) is 1.26. The average molecular weight is 259 g/mol. The molecule has 0 saturated carbocycles. The Morgan fingerprint density at radius 1 is 1.35 bits per heavy atom. The van der Waals surface area contributed by atoms with Gasteiger partial charge in [0.15, 0.2) is 5.22 Å². The molecular weight excluding hydrogens is 240 g/mol. The molecule has 1 fully saturated rings. The van der Waals surface area contributed by atoms with Crippen LogP contribution in [0.1, 0.15) is 11.7 Å². The van der Waals surface area contributed by atoms with Gasteiger partial charge in [0.25, 0.3) is 0 Å². The van der Waals surface area contributed by atoms with Gasteiger partial charge in [-0.15, -0.1) is 0 Å². The first-order chi connectivity index (χ1) is 8.19. The second kappa shape index (κ2) is 5.87. The Morgan fingerprint density at radius 2 is 2.06 bits per heavy atom. The standard InChI is InChI=1S/C12H19ClN2O2/c1-14-4-6-15(7-5-14)8-10(9-16)11-2-3-12(13)17-11/h2-3,10,16H,4-9H2,1H3. The van der Waals surface area contributed by atoms with Crippen LogP contribution >= 0.6 is 11.6 Å². The van der Waals surface area contributed by atoms with Crippen LogP contribution in [-0.2, 0) is 0 Å². The maximum absolute atomic E-state index is 9.43.